The van der Waals surface area contributed by atoms with E-state index >= 15 is 0 Å². The largest absolute Gasteiger partial charge is 0.467 e. The van der Waals surface area contributed by atoms with Gasteiger partial charge < -0.3 is 9.47 Å². The number of nitrogens with zero attached hydrogens (tertiary/aromatic N) is 1. The molecule has 2 aliphatic rings. The molecule has 1 aliphatic carbocycles. The number of methoxy groups -OCH3 is 1. The number of esters is 1. The Morgan fingerprint density at radius 1 is 1.30 bits per heavy atom. The topological polar surface area (TPSA) is 55.8 Å². The maximum absolute atomic E-state index is 12.8. The predicted octanol–water partition coefficient (Wildman–Crippen LogP) is 3.67. The van der Waals surface area contributed by atoms with E-state index in [1.165, 1.54) is 7.11 Å². The zero-order valence-electron chi connectivity index (χ0n) is 14.8. The second kappa shape index (κ2) is 6.54. The number of likely N-dealkylation sites (tertiary alicyclic amines) is 1. The van der Waals surface area contributed by atoms with Crippen LogP contribution >= 0.6 is 0 Å². The van der Waals surface area contributed by atoms with Crippen LogP contribution in [0.3, 0.4) is 0 Å². The number of hydrogen-bond acceptors (Lipinski definition) is 4. The van der Waals surface area contributed by atoms with Crippen molar-refractivity contribution in [2.45, 2.75) is 77.0 Å². The molecule has 5 nitrogen and oxygen atoms in total. The van der Waals surface area contributed by atoms with E-state index in [4.69, 9.17) is 9.47 Å². The molecule has 0 aromatic carbocycles. The van der Waals surface area contributed by atoms with Crippen molar-refractivity contribution in [3.8, 4) is 0 Å². The lowest BCUT2D eigenvalue weighted by Gasteiger charge is -2.36. The summed E-state index contributed by atoms with van der Waals surface area (Å²) in [4.78, 5) is 26.7. The highest BCUT2D eigenvalue weighted by atomic mass is 16.6. The molecular formula is C18H29NO4. The van der Waals surface area contributed by atoms with Crippen LogP contribution in [0.25, 0.3) is 0 Å². The summed E-state index contributed by atoms with van der Waals surface area (Å²) >= 11 is 0. The molecule has 0 aromatic heterocycles. The third-order valence-corrected chi connectivity index (χ3v) is 5.05. The molecule has 5 heteroatoms. The third kappa shape index (κ3) is 3.54. The first-order valence-electron chi connectivity index (χ1n) is 8.44. The molecule has 1 aliphatic heterocycles. The molecule has 0 N–H and O–H groups in total. The SMILES string of the molecule is C=CC[C@H]1N(C(=O)OC(C)(C)C)[C@H](C(=O)OC)CC12CCCC2. The molecule has 130 valence electrons. The van der Waals surface area contributed by atoms with Gasteiger partial charge in [-0.1, -0.05) is 18.9 Å². The maximum atomic E-state index is 12.8. The summed E-state index contributed by atoms with van der Waals surface area (Å²) in [5.74, 6) is -0.353. The molecule has 1 spiro atoms. The molecule has 23 heavy (non-hydrogen) atoms. The number of rotatable bonds is 3. The van der Waals surface area contributed by atoms with Gasteiger partial charge >= 0.3 is 12.1 Å². The van der Waals surface area contributed by atoms with E-state index in [-0.39, 0.29) is 17.4 Å². The van der Waals surface area contributed by atoms with Crippen molar-refractivity contribution in [1.82, 2.24) is 4.90 Å². The molecule has 0 aromatic rings. The Hall–Kier alpha value is -1.52. The van der Waals surface area contributed by atoms with E-state index in [9.17, 15) is 9.59 Å². The minimum Gasteiger partial charge on any atom is -0.467 e. The Balaban J connectivity index is 2.36. The second-order valence-electron chi connectivity index (χ2n) is 7.74. The van der Waals surface area contributed by atoms with Gasteiger partial charge in [-0.05, 0) is 51.9 Å². The summed E-state index contributed by atoms with van der Waals surface area (Å²) in [5, 5.41) is 0. The molecule has 1 saturated carbocycles. The van der Waals surface area contributed by atoms with Gasteiger partial charge in [0.25, 0.3) is 0 Å². The zero-order valence-corrected chi connectivity index (χ0v) is 14.8. The number of carbonyl (C=O) groups is 2. The van der Waals surface area contributed by atoms with Crippen LogP contribution in [0.1, 0.15) is 59.3 Å². The van der Waals surface area contributed by atoms with E-state index in [1.54, 1.807) is 4.90 Å². The summed E-state index contributed by atoms with van der Waals surface area (Å²) in [7, 11) is 1.37. The van der Waals surface area contributed by atoms with Gasteiger partial charge in [-0.3, -0.25) is 4.90 Å². The fraction of sp³-hybridized carbons (Fsp3) is 0.778. The lowest BCUT2D eigenvalue weighted by Crippen LogP contribution is -2.49. The van der Waals surface area contributed by atoms with E-state index in [0.29, 0.717) is 12.8 Å². The Morgan fingerprint density at radius 3 is 2.39 bits per heavy atom. The van der Waals surface area contributed by atoms with Crippen LogP contribution in [0.4, 0.5) is 4.79 Å². The van der Waals surface area contributed by atoms with Crippen LogP contribution < -0.4 is 0 Å². The van der Waals surface area contributed by atoms with Gasteiger partial charge in [0.05, 0.1) is 7.11 Å². The zero-order chi connectivity index (χ0) is 17.3. The van der Waals surface area contributed by atoms with Crippen molar-refractivity contribution in [2.24, 2.45) is 5.41 Å². The van der Waals surface area contributed by atoms with Crippen LogP contribution in [-0.4, -0.2) is 41.8 Å². The molecule has 0 bridgehead atoms. The van der Waals surface area contributed by atoms with Crippen LogP contribution in [0.2, 0.25) is 0 Å². The predicted molar refractivity (Wildman–Crippen MR) is 88.0 cm³/mol. The fourth-order valence-corrected chi connectivity index (χ4v) is 4.17. The smallest absolute Gasteiger partial charge is 0.411 e. The van der Waals surface area contributed by atoms with Crippen molar-refractivity contribution >= 4 is 12.1 Å². The van der Waals surface area contributed by atoms with Crippen molar-refractivity contribution in [1.29, 1.82) is 0 Å². The van der Waals surface area contributed by atoms with Gasteiger partial charge in [0.15, 0.2) is 0 Å². The Bertz CT molecular complexity index is 474. The minimum absolute atomic E-state index is 0.00997. The Kier molecular flexibility index (Phi) is 5.07. The number of hydrogen-bond donors (Lipinski definition) is 0. The van der Waals surface area contributed by atoms with Crippen molar-refractivity contribution in [3.63, 3.8) is 0 Å². The van der Waals surface area contributed by atoms with Crippen LogP contribution in [0, 0.1) is 5.41 Å². The highest BCUT2D eigenvalue weighted by Crippen LogP contribution is 2.53. The Morgan fingerprint density at radius 2 is 1.91 bits per heavy atom. The minimum atomic E-state index is -0.595. The van der Waals surface area contributed by atoms with Crippen molar-refractivity contribution in [3.05, 3.63) is 12.7 Å². The number of carbonyl (C=O) groups excluding carboxylic acids is 2. The van der Waals surface area contributed by atoms with Crippen molar-refractivity contribution < 1.29 is 19.1 Å². The average Bonchev–Trinajstić information content (AvgIpc) is 3.04. The van der Waals surface area contributed by atoms with Gasteiger partial charge in [-0.15, -0.1) is 6.58 Å². The number of amides is 1. The molecule has 2 fully saturated rings. The van der Waals surface area contributed by atoms with Crippen LogP contribution in [0.5, 0.6) is 0 Å². The summed E-state index contributed by atoms with van der Waals surface area (Å²) < 4.78 is 10.5. The monoisotopic (exact) mass is 323 g/mol. The van der Waals surface area contributed by atoms with Gasteiger partial charge in [0.1, 0.15) is 11.6 Å². The Labute approximate surface area is 139 Å². The van der Waals surface area contributed by atoms with Gasteiger partial charge in [-0.25, -0.2) is 9.59 Å². The molecule has 2 atom stereocenters. The molecule has 1 heterocycles. The quantitative estimate of drug-likeness (QED) is 0.587. The van der Waals surface area contributed by atoms with Crippen molar-refractivity contribution in [2.75, 3.05) is 7.11 Å². The highest BCUT2D eigenvalue weighted by molar-refractivity contribution is 5.83. The molecule has 1 amide bonds. The summed E-state index contributed by atoms with van der Waals surface area (Å²) in [6.07, 6.45) is 7.11. The molecular weight excluding hydrogens is 294 g/mol. The second-order valence-corrected chi connectivity index (χ2v) is 7.74. The highest BCUT2D eigenvalue weighted by Gasteiger charge is 2.57. The van der Waals surface area contributed by atoms with E-state index < -0.39 is 17.7 Å². The molecule has 1 saturated heterocycles. The van der Waals surface area contributed by atoms with Gasteiger partial charge in [0.2, 0.25) is 0 Å². The molecule has 0 radical (unpaired) electrons. The van der Waals surface area contributed by atoms with E-state index in [0.717, 1.165) is 25.7 Å². The summed E-state index contributed by atoms with van der Waals surface area (Å²) in [6.45, 7) is 9.35. The lowest BCUT2D eigenvalue weighted by molar-refractivity contribution is -0.146. The lowest BCUT2D eigenvalue weighted by atomic mass is 9.76. The summed E-state index contributed by atoms with van der Waals surface area (Å²) in [5.41, 5.74) is -0.605. The van der Waals surface area contributed by atoms with Crippen LogP contribution in [0.15, 0.2) is 12.7 Å². The van der Waals surface area contributed by atoms with Gasteiger partial charge in [0, 0.05) is 6.04 Å². The normalized spacial score (nSPS) is 26.3. The molecule has 2 rings (SSSR count). The first-order chi connectivity index (χ1) is 10.7. The van der Waals surface area contributed by atoms with E-state index in [2.05, 4.69) is 6.58 Å². The van der Waals surface area contributed by atoms with Gasteiger partial charge in [-0.2, -0.15) is 0 Å². The average molecular weight is 323 g/mol. The maximum Gasteiger partial charge on any atom is 0.411 e. The van der Waals surface area contributed by atoms with Crippen LogP contribution in [-0.2, 0) is 14.3 Å². The number of ether oxygens (including phenoxy) is 2. The summed E-state index contributed by atoms with van der Waals surface area (Å²) in [6, 6.07) is -0.598. The van der Waals surface area contributed by atoms with E-state index in [1.807, 2.05) is 26.8 Å². The third-order valence-electron chi connectivity index (χ3n) is 5.05. The fourth-order valence-electron chi connectivity index (χ4n) is 4.17. The first kappa shape index (κ1) is 17.8. The first-order valence-corrected chi connectivity index (χ1v) is 8.44. The standard InChI is InChI=1S/C18H29NO4/c1-6-9-14-18(10-7-8-11-18)12-13(15(20)22-5)19(14)16(21)23-17(2,3)4/h6,13-14H,1,7-12H2,2-5H3/t13-,14+/m0/s1. The molecule has 0 unspecified atom stereocenters.